The number of carboxylic acid groups (broad SMARTS) is 2. The van der Waals surface area contributed by atoms with Gasteiger partial charge in [-0.1, -0.05) is 0 Å². The Balaban J connectivity index is 0.000000403. The zero-order chi connectivity index (χ0) is 16.5. The van der Waals surface area contributed by atoms with E-state index in [9.17, 15) is 9.59 Å². The molecule has 0 amide bonds. The number of hydrogen-bond donors (Lipinski definition) is 4. The van der Waals surface area contributed by atoms with Crippen LogP contribution >= 0.6 is 12.4 Å². The highest BCUT2D eigenvalue weighted by Gasteiger charge is 2.01. The minimum Gasteiger partial charge on any atom is -0.478 e. The Bertz CT molecular complexity index is 575. The number of halogens is 1. The van der Waals surface area contributed by atoms with Crippen molar-refractivity contribution in [2.75, 3.05) is 24.7 Å². The number of nitrogens with zero attached hydrogens (tertiary/aromatic N) is 2. The molecule has 0 atom stereocenters. The van der Waals surface area contributed by atoms with Crippen molar-refractivity contribution in [2.24, 2.45) is 0 Å². The first-order chi connectivity index (χ1) is 10.5. The Labute approximate surface area is 139 Å². The molecule has 23 heavy (non-hydrogen) atoms. The molecule has 0 aliphatic carbocycles. The van der Waals surface area contributed by atoms with E-state index < -0.39 is 11.9 Å². The van der Waals surface area contributed by atoms with Crippen LogP contribution in [-0.4, -0.2) is 46.2 Å². The molecule has 0 aliphatic rings. The lowest BCUT2D eigenvalue weighted by Gasteiger charge is -1.97. The van der Waals surface area contributed by atoms with E-state index in [1.807, 2.05) is 0 Å². The van der Waals surface area contributed by atoms with Gasteiger partial charge in [-0.3, -0.25) is 0 Å². The molecule has 0 saturated heterocycles. The van der Waals surface area contributed by atoms with Crippen LogP contribution in [0.4, 0.5) is 11.6 Å². The van der Waals surface area contributed by atoms with Crippen LogP contribution in [-0.2, 0) is 0 Å². The third-order valence-electron chi connectivity index (χ3n) is 2.53. The lowest BCUT2D eigenvalue weighted by atomic mass is 10.3. The monoisotopic (exact) mass is 340 g/mol. The molecule has 0 unspecified atom stereocenters. The van der Waals surface area contributed by atoms with Crippen LogP contribution in [0.25, 0.3) is 0 Å². The SMILES string of the molecule is CNc1ccc(C(=O)O)cn1.CNc1ccc(C(=O)O)cn1.Cl. The summed E-state index contributed by atoms with van der Waals surface area (Å²) in [5, 5.41) is 22.6. The van der Waals surface area contributed by atoms with Crippen LogP contribution in [0, 0.1) is 0 Å². The van der Waals surface area contributed by atoms with Crippen molar-refractivity contribution in [1.82, 2.24) is 9.97 Å². The smallest absolute Gasteiger partial charge is 0.337 e. The Morgan fingerprint density at radius 1 is 0.826 bits per heavy atom. The van der Waals surface area contributed by atoms with E-state index in [1.54, 1.807) is 26.2 Å². The minimum atomic E-state index is -0.958. The second-order valence-corrected chi connectivity index (χ2v) is 3.97. The number of pyridine rings is 2. The molecule has 2 aromatic rings. The molecule has 2 heterocycles. The maximum Gasteiger partial charge on any atom is 0.337 e. The van der Waals surface area contributed by atoms with Gasteiger partial charge in [-0.2, -0.15) is 0 Å². The highest BCUT2D eigenvalue weighted by molar-refractivity contribution is 5.87. The number of hydrogen-bond acceptors (Lipinski definition) is 6. The molecule has 2 aromatic heterocycles. The molecule has 4 N–H and O–H groups in total. The van der Waals surface area contributed by atoms with E-state index in [1.165, 1.54) is 24.5 Å². The molecule has 0 aromatic carbocycles. The summed E-state index contributed by atoms with van der Waals surface area (Å²) in [5.74, 6) is -0.592. The van der Waals surface area contributed by atoms with Gasteiger partial charge in [-0.15, -0.1) is 12.4 Å². The Morgan fingerprint density at radius 3 is 1.35 bits per heavy atom. The van der Waals surface area contributed by atoms with Crippen molar-refractivity contribution in [1.29, 1.82) is 0 Å². The standard InChI is InChI=1S/2C7H8N2O2.ClH/c2*1-8-6-3-2-5(4-9-6)7(10)11;/h2*2-4H,1H3,(H,8,9)(H,10,11);1H. The molecular weight excluding hydrogens is 324 g/mol. The summed E-state index contributed by atoms with van der Waals surface area (Å²) in [6.45, 7) is 0. The number of carboxylic acids is 2. The van der Waals surface area contributed by atoms with Gasteiger partial charge >= 0.3 is 11.9 Å². The van der Waals surface area contributed by atoms with Gasteiger partial charge in [-0.25, -0.2) is 19.6 Å². The first kappa shape index (κ1) is 20.1. The van der Waals surface area contributed by atoms with Crippen LogP contribution in [0.2, 0.25) is 0 Å². The van der Waals surface area contributed by atoms with Crippen LogP contribution in [0.15, 0.2) is 36.7 Å². The van der Waals surface area contributed by atoms with Gasteiger partial charge in [0.05, 0.1) is 11.1 Å². The zero-order valence-electron chi connectivity index (χ0n) is 12.5. The van der Waals surface area contributed by atoms with E-state index in [-0.39, 0.29) is 23.5 Å². The molecule has 0 radical (unpaired) electrons. The van der Waals surface area contributed by atoms with Gasteiger partial charge in [0.1, 0.15) is 11.6 Å². The summed E-state index contributed by atoms with van der Waals surface area (Å²) in [4.78, 5) is 28.3. The highest BCUT2D eigenvalue weighted by Crippen LogP contribution is 2.03. The van der Waals surface area contributed by atoms with Crippen LogP contribution in [0.5, 0.6) is 0 Å². The Hall–Kier alpha value is -2.87. The number of carbonyl (C=O) groups is 2. The number of rotatable bonds is 4. The molecule has 0 aliphatic heterocycles. The topological polar surface area (TPSA) is 124 Å². The third-order valence-corrected chi connectivity index (χ3v) is 2.53. The lowest BCUT2D eigenvalue weighted by Crippen LogP contribution is -1.98. The van der Waals surface area contributed by atoms with Gasteiger partial charge < -0.3 is 20.8 Å². The van der Waals surface area contributed by atoms with E-state index in [2.05, 4.69) is 20.6 Å². The van der Waals surface area contributed by atoms with Gasteiger partial charge in [0.25, 0.3) is 0 Å². The maximum atomic E-state index is 10.3. The third kappa shape index (κ3) is 6.62. The van der Waals surface area contributed by atoms with E-state index in [0.29, 0.717) is 11.6 Å². The summed E-state index contributed by atoms with van der Waals surface area (Å²) >= 11 is 0. The average molecular weight is 341 g/mol. The molecule has 9 heteroatoms. The first-order valence-corrected chi connectivity index (χ1v) is 6.22. The summed E-state index contributed by atoms with van der Waals surface area (Å²) in [6, 6.07) is 6.23. The maximum absolute atomic E-state index is 10.3. The molecule has 2 rings (SSSR count). The Morgan fingerprint density at radius 2 is 1.17 bits per heavy atom. The molecular formula is C14H17ClN4O4. The van der Waals surface area contributed by atoms with Crippen molar-refractivity contribution in [3.05, 3.63) is 47.8 Å². The number of nitrogens with one attached hydrogen (secondary N) is 2. The largest absolute Gasteiger partial charge is 0.478 e. The lowest BCUT2D eigenvalue weighted by molar-refractivity contribution is 0.0685. The fraction of sp³-hybridized carbons (Fsp3) is 0.143. The van der Waals surface area contributed by atoms with Crippen LogP contribution in [0.1, 0.15) is 20.7 Å². The summed E-state index contributed by atoms with van der Waals surface area (Å²) in [7, 11) is 3.45. The molecule has 0 spiro atoms. The van der Waals surface area contributed by atoms with Gasteiger partial charge in [0.2, 0.25) is 0 Å². The van der Waals surface area contributed by atoms with E-state index >= 15 is 0 Å². The van der Waals surface area contributed by atoms with Gasteiger partial charge in [0, 0.05) is 26.5 Å². The van der Waals surface area contributed by atoms with E-state index in [4.69, 9.17) is 10.2 Å². The fourth-order valence-electron chi connectivity index (χ4n) is 1.34. The van der Waals surface area contributed by atoms with Crippen LogP contribution < -0.4 is 10.6 Å². The van der Waals surface area contributed by atoms with Crippen molar-refractivity contribution >= 4 is 36.0 Å². The number of aromatic nitrogens is 2. The van der Waals surface area contributed by atoms with Crippen molar-refractivity contribution in [3.8, 4) is 0 Å². The number of anilines is 2. The predicted molar refractivity (Wildman–Crippen MR) is 88.7 cm³/mol. The summed E-state index contributed by atoms with van der Waals surface area (Å²) in [5.41, 5.74) is 0.396. The second kappa shape index (κ2) is 9.96. The van der Waals surface area contributed by atoms with Crippen molar-refractivity contribution in [2.45, 2.75) is 0 Å². The van der Waals surface area contributed by atoms with E-state index in [0.717, 1.165) is 0 Å². The van der Waals surface area contributed by atoms with Gasteiger partial charge in [-0.05, 0) is 24.3 Å². The molecule has 124 valence electrons. The zero-order valence-corrected chi connectivity index (χ0v) is 13.3. The van der Waals surface area contributed by atoms with Crippen molar-refractivity contribution in [3.63, 3.8) is 0 Å². The van der Waals surface area contributed by atoms with Crippen molar-refractivity contribution < 1.29 is 19.8 Å². The summed E-state index contributed by atoms with van der Waals surface area (Å²) in [6.07, 6.45) is 2.63. The number of aromatic carboxylic acids is 2. The first-order valence-electron chi connectivity index (χ1n) is 6.22. The fourth-order valence-corrected chi connectivity index (χ4v) is 1.34. The van der Waals surface area contributed by atoms with Gasteiger partial charge in [0.15, 0.2) is 0 Å². The quantitative estimate of drug-likeness (QED) is 0.666. The Kier molecular flexibility index (Phi) is 8.71. The minimum absolute atomic E-state index is 0. The predicted octanol–water partition coefficient (Wildman–Crippen LogP) is 2.06. The second-order valence-electron chi connectivity index (χ2n) is 3.97. The molecule has 0 bridgehead atoms. The molecule has 0 saturated carbocycles. The average Bonchev–Trinajstić information content (AvgIpc) is 2.55. The molecule has 8 nitrogen and oxygen atoms in total. The summed E-state index contributed by atoms with van der Waals surface area (Å²) < 4.78 is 0. The molecule has 0 fully saturated rings. The normalized spacial score (nSPS) is 8.78. The van der Waals surface area contributed by atoms with Crippen LogP contribution in [0.3, 0.4) is 0 Å². The highest BCUT2D eigenvalue weighted by atomic mass is 35.5.